The van der Waals surface area contributed by atoms with Crippen molar-refractivity contribution in [1.29, 1.82) is 0 Å². The summed E-state index contributed by atoms with van der Waals surface area (Å²) in [6.45, 7) is 0. The highest BCUT2D eigenvalue weighted by Crippen LogP contribution is 2.34. The normalized spacial score (nSPS) is 11.3. The minimum atomic E-state index is -0.491. The van der Waals surface area contributed by atoms with Gasteiger partial charge in [-0.15, -0.1) is 15.3 Å². The van der Waals surface area contributed by atoms with Crippen molar-refractivity contribution in [3.63, 3.8) is 0 Å². The molecule has 0 atom stereocenters. The van der Waals surface area contributed by atoms with E-state index in [4.69, 9.17) is 0 Å². The standard InChI is InChI=1S/C18H13N5O4/c24-14-9-10-17(18(25)11-14)22-21-16-4-2-1-3-15(16)20-19-12-5-7-13(8-6-12)23(26)27/h1-11,24-25H/b20-19+,22-21+. The van der Waals surface area contributed by atoms with Crippen molar-refractivity contribution < 1.29 is 15.1 Å². The molecule has 2 N–H and O–H groups in total. The van der Waals surface area contributed by atoms with Crippen molar-refractivity contribution in [1.82, 2.24) is 0 Å². The van der Waals surface area contributed by atoms with E-state index >= 15 is 0 Å². The number of hydrogen-bond acceptors (Lipinski definition) is 8. The van der Waals surface area contributed by atoms with Gasteiger partial charge in [0.25, 0.3) is 5.69 Å². The van der Waals surface area contributed by atoms with E-state index in [0.717, 1.165) is 6.07 Å². The second-order valence-electron chi connectivity index (χ2n) is 5.34. The fourth-order valence-corrected chi connectivity index (χ4v) is 2.09. The summed E-state index contributed by atoms with van der Waals surface area (Å²) < 4.78 is 0. The lowest BCUT2D eigenvalue weighted by atomic mass is 10.3. The number of nitro groups is 1. The van der Waals surface area contributed by atoms with Gasteiger partial charge in [0, 0.05) is 18.2 Å². The van der Waals surface area contributed by atoms with E-state index in [1.165, 1.54) is 36.4 Å². The Morgan fingerprint density at radius 2 is 1.33 bits per heavy atom. The van der Waals surface area contributed by atoms with Gasteiger partial charge in [-0.25, -0.2) is 0 Å². The van der Waals surface area contributed by atoms with Crippen LogP contribution in [-0.2, 0) is 0 Å². The van der Waals surface area contributed by atoms with Crippen LogP contribution >= 0.6 is 0 Å². The maximum atomic E-state index is 10.7. The van der Waals surface area contributed by atoms with Gasteiger partial charge in [-0.05, 0) is 36.4 Å². The molecule has 27 heavy (non-hydrogen) atoms. The second-order valence-corrected chi connectivity index (χ2v) is 5.34. The van der Waals surface area contributed by atoms with Crippen molar-refractivity contribution in [3.05, 3.63) is 76.8 Å². The Balaban J connectivity index is 1.83. The van der Waals surface area contributed by atoms with Crippen molar-refractivity contribution in [3.8, 4) is 11.5 Å². The Kier molecular flexibility index (Phi) is 5.12. The molecule has 0 fully saturated rings. The fraction of sp³-hybridized carbons (Fsp3) is 0. The summed E-state index contributed by atoms with van der Waals surface area (Å²) >= 11 is 0. The smallest absolute Gasteiger partial charge is 0.269 e. The summed E-state index contributed by atoms with van der Waals surface area (Å²) in [6.07, 6.45) is 0. The van der Waals surface area contributed by atoms with Crippen LogP contribution in [0.4, 0.5) is 28.4 Å². The van der Waals surface area contributed by atoms with E-state index in [1.54, 1.807) is 24.3 Å². The van der Waals surface area contributed by atoms with Crippen LogP contribution in [-0.4, -0.2) is 15.1 Å². The first-order valence-electron chi connectivity index (χ1n) is 7.72. The number of aromatic hydroxyl groups is 2. The molecule has 0 aromatic heterocycles. The fourth-order valence-electron chi connectivity index (χ4n) is 2.09. The Morgan fingerprint density at radius 3 is 1.93 bits per heavy atom. The number of phenols is 2. The minimum Gasteiger partial charge on any atom is -0.508 e. The molecule has 0 saturated heterocycles. The van der Waals surface area contributed by atoms with Gasteiger partial charge in [-0.3, -0.25) is 10.1 Å². The molecule has 0 aliphatic rings. The molecule has 9 heteroatoms. The number of nitrogens with zero attached hydrogens (tertiary/aromatic N) is 5. The number of phenolic OH excluding ortho intramolecular Hbond substituents is 2. The molecular weight excluding hydrogens is 350 g/mol. The summed E-state index contributed by atoms with van der Waals surface area (Å²) in [5, 5.41) is 45.9. The maximum absolute atomic E-state index is 10.7. The van der Waals surface area contributed by atoms with Gasteiger partial charge in [-0.2, -0.15) is 5.11 Å². The quantitative estimate of drug-likeness (QED) is 0.335. The predicted molar refractivity (Wildman–Crippen MR) is 97.7 cm³/mol. The molecule has 0 unspecified atom stereocenters. The third kappa shape index (κ3) is 4.48. The predicted octanol–water partition coefficient (Wildman–Crippen LogP) is 5.84. The van der Waals surface area contributed by atoms with Crippen LogP contribution in [0.1, 0.15) is 0 Å². The zero-order chi connectivity index (χ0) is 19.2. The van der Waals surface area contributed by atoms with Crippen molar-refractivity contribution in [2.75, 3.05) is 0 Å². The summed E-state index contributed by atoms with van der Waals surface area (Å²) in [4.78, 5) is 10.2. The molecule has 3 aromatic carbocycles. The van der Waals surface area contributed by atoms with Crippen LogP contribution in [0.25, 0.3) is 0 Å². The van der Waals surface area contributed by atoms with Crippen LogP contribution in [0.2, 0.25) is 0 Å². The Morgan fingerprint density at radius 1 is 0.741 bits per heavy atom. The molecule has 0 aliphatic carbocycles. The molecule has 0 aliphatic heterocycles. The van der Waals surface area contributed by atoms with Crippen LogP contribution in [0.3, 0.4) is 0 Å². The topological polar surface area (TPSA) is 133 Å². The number of azo groups is 2. The van der Waals surface area contributed by atoms with Gasteiger partial charge in [0.1, 0.15) is 28.6 Å². The third-order valence-electron chi connectivity index (χ3n) is 3.44. The first-order valence-corrected chi connectivity index (χ1v) is 7.72. The molecule has 0 saturated carbocycles. The van der Waals surface area contributed by atoms with Crippen molar-refractivity contribution >= 4 is 28.4 Å². The Hall–Kier alpha value is -4.14. The maximum Gasteiger partial charge on any atom is 0.269 e. The van der Waals surface area contributed by atoms with E-state index in [2.05, 4.69) is 20.5 Å². The second kappa shape index (κ2) is 7.83. The van der Waals surface area contributed by atoms with Gasteiger partial charge in [0.05, 0.1) is 10.6 Å². The third-order valence-corrected chi connectivity index (χ3v) is 3.44. The van der Waals surface area contributed by atoms with Crippen LogP contribution in [0.15, 0.2) is 87.2 Å². The van der Waals surface area contributed by atoms with E-state index in [-0.39, 0.29) is 22.9 Å². The van der Waals surface area contributed by atoms with Crippen LogP contribution < -0.4 is 0 Å². The average molecular weight is 363 g/mol. The lowest BCUT2D eigenvalue weighted by molar-refractivity contribution is -0.384. The van der Waals surface area contributed by atoms with Gasteiger partial charge in [0.2, 0.25) is 0 Å². The number of rotatable bonds is 5. The van der Waals surface area contributed by atoms with Gasteiger partial charge >= 0.3 is 0 Å². The molecule has 0 amide bonds. The van der Waals surface area contributed by atoms with E-state index in [0.29, 0.717) is 17.1 Å². The zero-order valence-electron chi connectivity index (χ0n) is 13.8. The van der Waals surface area contributed by atoms with E-state index in [1.807, 2.05) is 0 Å². The number of benzene rings is 3. The lowest BCUT2D eigenvalue weighted by Gasteiger charge is -2.00. The first kappa shape index (κ1) is 17.7. The highest BCUT2D eigenvalue weighted by atomic mass is 16.6. The highest BCUT2D eigenvalue weighted by molar-refractivity contribution is 5.62. The van der Waals surface area contributed by atoms with E-state index < -0.39 is 4.92 Å². The summed E-state index contributed by atoms with van der Waals surface area (Å²) in [6, 6.07) is 16.5. The Labute approximate surface area is 153 Å². The summed E-state index contributed by atoms with van der Waals surface area (Å²) in [5.41, 5.74) is 1.45. The molecular formula is C18H13N5O4. The van der Waals surface area contributed by atoms with Crippen molar-refractivity contribution in [2.24, 2.45) is 20.5 Å². The number of nitro benzene ring substituents is 1. The minimum absolute atomic E-state index is 0.0307. The lowest BCUT2D eigenvalue weighted by Crippen LogP contribution is -1.85. The molecule has 0 heterocycles. The van der Waals surface area contributed by atoms with Crippen LogP contribution in [0.5, 0.6) is 11.5 Å². The van der Waals surface area contributed by atoms with Gasteiger partial charge < -0.3 is 10.2 Å². The van der Waals surface area contributed by atoms with Crippen molar-refractivity contribution in [2.45, 2.75) is 0 Å². The first-order chi connectivity index (χ1) is 13.0. The van der Waals surface area contributed by atoms with E-state index in [9.17, 15) is 20.3 Å². The molecule has 9 nitrogen and oxygen atoms in total. The molecule has 3 aromatic rings. The molecule has 0 bridgehead atoms. The highest BCUT2D eigenvalue weighted by Gasteiger charge is 2.05. The SMILES string of the molecule is O=[N+]([O-])c1ccc(/N=N/c2ccccc2/N=N/c2ccc(O)cc2O)cc1. The average Bonchev–Trinajstić information content (AvgIpc) is 2.66. The summed E-state index contributed by atoms with van der Waals surface area (Å²) in [5.74, 6) is -0.285. The molecule has 0 radical (unpaired) electrons. The van der Waals surface area contributed by atoms with Gasteiger partial charge in [0.15, 0.2) is 0 Å². The molecule has 3 rings (SSSR count). The monoisotopic (exact) mass is 363 g/mol. The Bertz CT molecular complexity index is 1030. The summed E-state index contributed by atoms with van der Waals surface area (Å²) in [7, 11) is 0. The number of non-ortho nitro benzene ring substituents is 1. The molecule has 0 spiro atoms. The number of hydrogen-bond donors (Lipinski definition) is 2. The largest absolute Gasteiger partial charge is 0.508 e. The van der Waals surface area contributed by atoms with Crippen LogP contribution in [0, 0.1) is 10.1 Å². The van der Waals surface area contributed by atoms with Gasteiger partial charge in [-0.1, -0.05) is 12.1 Å². The molecule has 134 valence electrons. The zero-order valence-corrected chi connectivity index (χ0v) is 13.8.